The molecule has 0 radical (unpaired) electrons. The lowest BCUT2D eigenvalue weighted by molar-refractivity contribution is -0.132. The summed E-state index contributed by atoms with van der Waals surface area (Å²) in [5.41, 5.74) is 1.35. The minimum atomic E-state index is -0.951. The number of methoxy groups -OCH3 is 1. The molecule has 0 spiro atoms. The maximum Gasteiger partial charge on any atom is 0.301 e. The van der Waals surface area contributed by atoms with Gasteiger partial charge in [-0.2, -0.15) is 0 Å². The maximum atomic E-state index is 13.2. The topological polar surface area (TPSA) is 92.6 Å². The van der Waals surface area contributed by atoms with E-state index < -0.39 is 17.7 Å². The summed E-state index contributed by atoms with van der Waals surface area (Å²) in [5, 5.41) is 11.9. The Morgan fingerprint density at radius 3 is 2.64 bits per heavy atom. The molecule has 1 N–H and O–H groups in total. The fraction of sp³-hybridized carbons (Fsp3) is 0.0833. The summed E-state index contributed by atoms with van der Waals surface area (Å²) in [4.78, 5) is 36.7. The molecule has 3 heterocycles. The largest absolute Gasteiger partial charge is 0.507 e. The quantitative estimate of drug-likeness (QED) is 0.253. The standard InChI is InChI=1S/C24H16ClN3O4S/c1-32-17-12-13(9-10-14(17)25)21(29)19-20(16-7-4-5-11-26-16)28(23(31)22(19)30)24-27-15-6-2-3-8-18(15)33-24/h2-12,20,29H,1H3/b21-19+. The first kappa shape index (κ1) is 21.1. The Bertz CT molecular complexity index is 1400. The molecule has 4 aromatic rings. The van der Waals surface area contributed by atoms with Crippen LogP contribution in [0.1, 0.15) is 17.3 Å². The summed E-state index contributed by atoms with van der Waals surface area (Å²) in [6.45, 7) is 0. The number of nitrogens with zero attached hydrogens (tertiary/aromatic N) is 3. The number of pyridine rings is 1. The molecular formula is C24H16ClN3O4S. The Labute approximate surface area is 197 Å². The van der Waals surface area contributed by atoms with E-state index in [-0.39, 0.29) is 11.3 Å². The third-order valence-corrected chi connectivity index (χ3v) is 6.67. The van der Waals surface area contributed by atoms with Gasteiger partial charge >= 0.3 is 5.91 Å². The van der Waals surface area contributed by atoms with Crippen LogP contribution in [0.15, 0.2) is 72.4 Å². The summed E-state index contributed by atoms with van der Waals surface area (Å²) in [7, 11) is 1.45. The van der Waals surface area contributed by atoms with Gasteiger partial charge in [0.05, 0.1) is 33.6 Å². The van der Waals surface area contributed by atoms with E-state index in [1.807, 2.05) is 24.3 Å². The monoisotopic (exact) mass is 477 g/mol. The number of aliphatic hydroxyl groups excluding tert-OH is 1. The summed E-state index contributed by atoms with van der Waals surface area (Å²) >= 11 is 7.40. The van der Waals surface area contributed by atoms with Crippen LogP contribution < -0.4 is 9.64 Å². The van der Waals surface area contributed by atoms with Gasteiger partial charge in [0, 0.05) is 11.8 Å². The van der Waals surface area contributed by atoms with Gasteiger partial charge in [0.25, 0.3) is 5.78 Å². The SMILES string of the molecule is COc1cc(/C(O)=C2\C(=O)C(=O)N(c3nc4ccccc4s3)C2c2ccccn2)ccc1Cl. The van der Waals surface area contributed by atoms with Gasteiger partial charge in [0.15, 0.2) is 5.13 Å². The number of aromatic nitrogens is 2. The summed E-state index contributed by atoms with van der Waals surface area (Å²) in [6.07, 6.45) is 1.57. The summed E-state index contributed by atoms with van der Waals surface area (Å²) in [6, 6.07) is 16.3. The Hall–Kier alpha value is -3.75. The number of rotatable bonds is 4. The number of Topliss-reactive ketones (excluding diaryl/α,β-unsaturated/α-hetero) is 1. The Morgan fingerprint density at radius 1 is 1.12 bits per heavy atom. The molecule has 0 saturated carbocycles. The molecule has 1 aliphatic heterocycles. The molecular weight excluding hydrogens is 462 g/mol. The average Bonchev–Trinajstić information content (AvgIpc) is 3.38. The second-order valence-corrected chi connectivity index (χ2v) is 8.65. The zero-order chi connectivity index (χ0) is 23.1. The number of hydrogen-bond acceptors (Lipinski definition) is 7. The average molecular weight is 478 g/mol. The van der Waals surface area contributed by atoms with Crippen LogP contribution in [0.3, 0.4) is 0 Å². The number of anilines is 1. The van der Waals surface area contributed by atoms with Gasteiger partial charge in [-0.1, -0.05) is 41.1 Å². The maximum absolute atomic E-state index is 13.2. The Morgan fingerprint density at radius 2 is 1.91 bits per heavy atom. The van der Waals surface area contributed by atoms with Gasteiger partial charge in [-0.15, -0.1) is 0 Å². The summed E-state index contributed by atoms with van der Waals surface area (Å²) < 4.78 is 6.11. The minimum absolute atomic E-state index is 0.0812. The number of ketones is 1. The molecule has 0 bridgehead atoms. The van der Waals surface area contributed by atoms with Crippen LogP contribution >= 0.6 is 22.9 Å². The first-order chi connectivity index (χ1) is 16.0. The molecule has 164 valence electrons. The smallest absolute Gasteiger partial charge is 0.301 e. The van der Waals surface area contributed by atoms with Crippen molar-refractivity contribution in [2.75, 3.05) is 12.0 Å². The Balaban J connectivity index is 1.73. The van der Waals surface area contributed by atoms with Crippen molar-refractivity contribution in [3.8, 4) is 5.75 Å². The van der Waals surface area contributed by atoms with Crippen LogP contribution in [0.2, 0.25) is 5.02 Å². The third-order valence-electron chi connectivity index (χ3n) is 5.33. The van der Waals surface area contributed by atoms with Gasteiger partial charge in [0.1, 0.15) is 17.6 Å². The fourth-order valence-corrected chi connectivity index (χ4v) is 4.96. The lowest BCUT2D eigenvalue weighted by atomic mass is 9.98. The van der Waals surface area contributed by atoms with E-state index >= 15 is 0 Å². The third kappa shape index (κ3) is 3.53. The van der Waals surface area contributed by atoms with Crippen molar-refractivity contribution in [3.05, 3.63) is 88.7 Å². The number of hydrogen-bond donors (Lipinski definition) is 1. The van der Waals surface area contributed by atoms with Crippen molar-refractivity contribution in [2.45, 2.75) is 6.04 Å². The van der Waals surface area contributed by atoms with Crippen molar-refractivity contribution >= 4 is 55.7 Å². The summed E-state index contributed by atoms with van der Waals surface area (Å²) in [5.74, 6) is -1.62. The van der Waals surface area contributed by atoms with Gasteiger partial charge < -0.3 is 9.84 Å². The highest BCUT2D eigenvalue weighted by Crippen LogP contribution is 2.44. The zero-order valence-electron chi connectivity index (χ0n) is 17.2. The van der Waals surface area contributed by atoms with Crippen LogP contribution in [0.4, 0.5) is 5.13 Å². The van der Waals surface area contributed by atoms with Crippen molar-refractivity contribution in [1.82, 2.24) is 9.97 Å². The number of carbonyl (C=O) groups is 2. The number of aliphatic hydroxyl groups is 1. The predicted molar refractivity (Wildman–Crippen MR) is 127 cm³/mol. The molecule has 2 aromatic carbocycles. The van der Waals surface area contributed by atoms with Crippen LogP contribution in [0.25, 0.3) is 16.0 Å². The van der Waals surface area contributed by atoms with E-state index in [9.17, 15) is 14.7 Å². The molecule has 1 fully saturated rings. The molecule has 1 unspecified atom stereocenters. The number of carbonyl (C=O) groups excluding carboxylic acids is 2. The Kier molecular flexibility index (Phi) is 5.32. The lowest BCUT2D eigenvalue weighted by Gasteiger charge is -2.22. The van der Waals surface area contributed by atoms with E-state index in [0.717, 1.165) is 4.70 Å². The number of ether oxygens (including phenoxy) is 1. The molecule has 2 aromatic heterocycles. The second kappa shape index (κ2) is 8.31. The molecule has 1 amide bonds. The van der Waals surface area contributed by atoms with Gasteiger partial charge in [0.2, 0.25) is 0 Å². The van der Waals surface area contributed by atoms with Crippen molar-refractivity contribution in [3.63, 3.8) is 0 Å². The fourth-order valence-electron chi connectivity index (χ4n) is 3.77. The van der Waals surface area contributed by atoms with Crippen molar-refractivity contribution in [2.24, 2.45) is 0 Å². The molecule has 9 heteroatoms. The molecule has 7 nitrogen and oxygen atoms in total. The molecule has 0 aliphatic carbocycles. The van der Waals surface area contributed by atoms with E-state index in [2.05, 4.69) is 9.97 Å². The minimum Gasteiger partial charge on any atom is -0.507 e. The van der Waals surface area contributed by atoms with Crippen LogP contribution in [-0.4, -0.2) is 33.9 Å². The first-order valence-corrected chi connectivity index (χ1v) is 11.1. The predicted octanol–water partition coefficient (Wildman–Crippen LogP) is 4.98. The van der Waals surface area contributed by atoms with Crippen LogP contribution in [0, 0.1) is 0 Å². The van der Waals surface area contributed by atoms with E-state index in [1.54, 1.807) is 36.5 Å². The van der Waals surface area contributed by atoms with Gasteiger partial charge in [-0.05, 0) is 42.5 Å². The zero-order valence-corrected chi connectivity index (χ0v) is 18.8. The molecule has 1 saturated heterocycles. The number of fused-ring (bicyclic) bond motifs is 1. The van der Waals surface area contributed by atoms with E-state index in [4.69, 9.17) is 16.3 Å². The number of thiazole rings is 1. The highest BCUT2D eigenvalue weighted by molar-refractivity contribution is 7.22. The van der Waals surface area contributed by atoms with E-state index in [0.29, 0.717) is 32.7 Å². The molecule has 1 aliphatic rings. The lowest BCUT2D eigenvalue weighted by Crippen LogP contribution is -2.29. The number of benzene rings is 2. The second-order valence-electron chi connectivity index (χ2n) is 7.24. The van der Waals surface area contributed by atoms with Crippen molar-refractivity contribution < 1.29 is 19.4 Å². The van der Waals surface area contributed by atoms with Gasteiger partial charge in [-0.3, -0.25) is 19.5 Å². The first-order valence-electron chi connectivity index (χ1n) is 9.91. The molecule has 5 rings (SSSR count). The van der Waals surface area contributed by atoms with Crippen LogP contribution in [0.5, 0.6) is 5.75 Å². The highest BCUT2D eigenvalue weighted by Gasteiger charge is 2.48. The number of halogens is 1. The van der Waals surface area contributed by atoms with Gasteiger partial charge in [-0.25, -0.2) is 4.98 Å². The molecule has 33 heavy (non-hydrogen) atoms. The number of para-hydroxylation sites is 1. The van der Waals surface area contributed by atoms with E-state index in [1.165, 1.54) is 29.4 Å². The normalized spacial score (nSPS) is 17.6. The highest BCUT2D eigenvalue weighted by atomic mass is 35.5. The van der Waals surface area contributed by atoms with Crippen LogP contribution in [-0.2, 0) is 9.59 Å². The number of amides is 1. The van der Waals surface area contributed by atoms with Crippen molar-refractivity contribution in [1.29, 1.82) is 0 Å². The molecule has 1 atom stereocenters.